The minimum Gasteiger partial charge on any atom is -0.352 e. The molecule has 0 spiro atoms. The molecule has 2 amide bonds. The van der Waals surface area contributed by atoms with E-state index in [1.807, 2.05) is 67.6 Å². The Morgan fingerprint density at radius 3 is 2.08 bits per heavy atom. The lowest BCUT2D eigenvalue weighted by Crippen LogP contribution is -2.52. The van der Waals surface area contributed by atoms with Gasteiger partial charge in [-0.15, -0.1) is 0 Å². The third kappa shape index (κ3) is 8.87. The minimum absolute atomic E-state index is 0.0105. The van der Waals surface area contributed by atoms with E-state index in [4.69, 9.17) is 0 Å². The van der Waals surface area contributed by atoms with Crippen LogP contribution in [0.1, 0.15) is 48.9 Å². The summed E-state index contributed by atoms with van der Waals surface area (Å²) in [5, 5.41) is 3.13. The number of thioether (sulfide) groups is 1. The molecule has 3 aromatic carbocycles. The van der Waals surface area contributed by atoms with Crippen LogP contribution in [0.2, 0.25) is 0 Å². The van der Waals surface area contributed by atoms with Crippen molar-refractivity contribution in [2.75, 3.05) is 5.75 Å². The average Bonchev–Trinajstić information content (AvgIpc) is 2.90. The van der Waals surface area contributed by atoms with Gasteiger partial charge in [-0.2, -0.15) is 11.8 Å². The number of hydrogen-bond acceptors (Lipinski definition) is 3. The Labute approximate surface area is 220 Å². The summed E-state index contributed by atoms with van der Waals surface area (Å²) in [5.74, 6) is 1.50. The Morgan fingerprint density at radius 1 is 0.861 bits per heavy atom. The number of nitrogens with zero attached hydrogens (tertiary/aromatic N) is 1. The van der Waals surface area contributed by atoms with Crippen LogP contribution in [0.5, 0.6) is 0 Å². The molecule has 0 radical (unpaired) electrons. The van der Waals surface area contributed by atoms with Crippen molar-refractivity contribution in [1.82, 2.24) is 10.2 Å². The molecule has 36 heavy (non-hydrogen) atoms. The van der Waals surface area contributed by atoms with Crippen LogP contribution in [-0.4, -0.2) is 34.6 Å². The number of carbonyl (C=O) groups is 2. The number of nitrogens with one attached hydrogen (secondary N) is 1. The van der Waals surface area contributed by atoms with Gasteiger partial charge < -0.3 is 10.2 Å². The molecular formula is C31H38N2O2S. The van der Waals surface area contributed by atoms with E-state index in [2.05, 4.69) is 43.4 Å². The van der Waals surface area contributed by atoms with E-state index in [-0.39, 0.29) is 17.9 Å². The summed E-state index contributed by atoms with van der Waals surface area (Å²) in [5.41, 5.74) is 4.49. The van der Waals surface area contributed by atoms with Gasteiger partial charge in [0.15, 0.2) is 0 Å². The van der Waals surface area contributed by atoms with E-state index in [1.54, 1.807) is 16.7 Å². The second-order valence-electron chi connectivity index (χ2n) is 9.32. The topological polar surface area (TPSA) is 49.4 Å². The molecule has 1 N–H and O–H groups in total. The lowest BCUT2D eigenvalue weighted by atomic mass is 10.0. The fourth-order valence-electron chi connectivity index (χ4n) is 3.95. The first-order chi connectivity index (χ1) is 17.5. The summed E-state index contributed by atoms with van der Waals surface area (Å²) in [6.07, 6.45) is 1.72. The smallest absolute Gasteiger partial charge is 0.243 e. The molecule has 4 nitrogen and oxygen atoms in total. The predicted molar refractivity (Wildman–Crippen MR) is 151 cm³/mol. The Bertz CT molecular complexity index is 1070. The van der Waals surface area contributed by atoms with Gasteiger partial charge in [-0.05, 0) is 37.0 Å². The van der Waals surface area contributed by atoms with Gasteiger partial charge in [-0.25, -0.2) is 0 Å². The monoisotopic (exact) mass is 502 g/mol. The van der Waals surface area contributed by atoms with Crippen LogP contribution in [0.25, 0.3) is 0 Å². The highest BCUT2D eigenvalue weighted by atomic mass is 32.2. The van der Waals surface area contributed by atoms with Gasteiger partial charge in [-0.1, -0.05) is 97.4 Å². The molecule has 0 heterocycles. The summed E-state index contributed by atoms with van der Waals surface area (Å²) in [7, 11) is 0. The maximum atomic E-state index is 13.6. The lowest BCUT2D eigenvalue weighted by Gasteiger charge is -2.32. The molecule has 190 valence electrons. The second kappa shape index (κ2) is 14.5. The Morgan fingerprint density at radius 2 is 1.47 bits per heavy atom. The molecule has 2 atom stereocenters. The molecular weight excluding hydrogens is 464 g/mol. The molecule has 0 aliphatic carbocycles. The second-order valence-corrected chi connectivity index (χ2v) is 10.4. The highest BCUT2D eigenvalue weighted by Crippen LogP contribution is 2.19. The number of aryl methyl sites for hydroxylation is 1. The van der Waals surface area contributed by atoms with Gasteiger partial charge in [0, 0.05) is 36.9 Å². The molecule has 0 saturated heterocycles. The molecule has 3 rings (SSSR count). The van der Waals surface area contributed by atoms with Crippen molar-refractivity contribution < 1.29 is 9.59 Å². The lowest BCUT2D eigenvalue weighted by molar-refractivity contribution is -0.141. The third-order valence-corrected chi connectivity index (χ3v) is 7.35. The quantitative estimate of drug-likeness (QED) is 0.284. The number of benzene rings is 3. The van der Waals surface area contributed by atoms with Gasteiger partial charge in [-0.3, -0.25) is 9.59 Å². The van der Waals surface area contributed by atoms with E-state index in [0.717, 1.165) is 23.3 Å². The van der Waals surface area contributed by atoms with E-state index >= 15 is 0 Å². The van der Waals surface area contributed by atoms with E-state index < -0.39 is 6.04 Å². The van der Waals surface area contributed by atoms with Gasteiger partial charge in [0.05, 0.1) is 0 Å². The zero-order valence-electron chi connectivity index (χ0n) is 21.7. The van der Waals surface area contributed by atoms with E-state index in [9.17, 15) is 9.59 Å². The van der Waals surface area contributed by atoms with Crippen LogP contribution in [0, 0.1) is 6.92 Å². The van der Waals surface area contributed by atoms with E-state index in [1.165, 1.54) is 11.1 Å². The Balaban J connectivity index is 1.80. The summed E-state index contributed by atoms with van der Waals surface area (Å²) in [4.78, 5) is 29.0. The van der Waals surface area contributed by atoms with Crippen molar-refractivity contribution in [2.45, 2.75) is 64.4 Å². The molecule has 0 aliphatic rings. The Kier molecular flexibility index (Phi) is 11.1. The molecule has 0 unspecified atom stereocenters. The molecule has 0 aliphatic heterocycles. The van der Waals surface area contributed by atoms with Crippen molar-refractivity contribution in [3.8, 4) is 0 Å². The van der Waals surface area contributed by atoms with Gasteiger partial charge >= 0.3 is 0 Å². The van der Waals surface area contributed by atoms with Crippen molar-refractivity contribution in [2.24, 2.45) is 0 Å². The summed E-state index contributed by atoms with van der Waals surface area (Å²) < 4.78 is 0. The number of carbonyl (C=O) groups excluding carboxylic acids is 2. The first kappa shape index (κ1) is 27.5. The summed E-state index contributed by atoms with van der Waals surface area (Å²) >= 11 is 1.75. The standard InChI is InChI=1S/C31H38N2O2S/c1-4-25(3)32-31(35)29(21-26-11-7-5-8-12-26)33(22-27-17-15-24(2)16-18-27)30(34)19-20-36-23-28-13-9-6-10-14-28/h5-18,25,29H,4,19-23H2,1-3H3,(H,32,35)/t25-,29+/m1/s1. The normalized spacial score (nSPS) is 12.5. The first-order valence-corrected chi connectivity index (χ1v) is 13.9. The third-order valence-electron chi connectivity index (χ3n) is 6.32. The predicted octanol–water partition coefficient (Wildman–Crippen LogP) is 6.17. The van der Waals surface area contributed by atoms with Crippen LogP contribution < -0.4 is 5.32 Å². The van der Waals surface area contributed by atoms with Gasteiger partial charge in [0.1, 0.15) is 6.04 Å². The molecule has 0 fully saturated rings. The van der Waals surface area contributed by atoms with Gasteiger partial charge in [0.2, 0.25) is 11.8 Å². The molecule has 3 aromatic rings. The van der Waals surface area contributed by atoms with Crippen LogP contribution in [0.3, 0.4) is 0 Å². The van der Waals surface area contributed by atoms with Crippen molar-refractivity contribution >= 4 is 23.6 Å². The highest BCUT2D eigenvalue weighted by Gasteiger charge is 2.30. The van der Waals surface area contributed by atoms with Crippen LogP contribution in [0.15, 0.2) is 84.9 Å². The van der Waals surface area contributed by atoms with Crippen molar-refractivity contribution in [1.29, 1.82) is 0 Å². The SMILES string of the molecule is CC[C@@H](C)NC(=O)[C@H](Cc1ccccc1)N(Cc1ccc(C)cc1)C(=O)CCSCc1ccccc1. The fraction of sp³-hybridized carbons (Fsp3) is 0.355. The van der Waals surface area contributed by atoms with Crippen molar-refractivity contribution in [3.63, 3.8) is 0 Å². The average molecular weight is 503 g/mol. The van der Waals surface area contributed by atoms with Crippen LogP contribution in [0.4, 0.5) is 0 Å². The molecule has 5 heteroatoms. The fourth-order valence-corrected chi connectivity index (χ4v) is 4.84. The summed E-state index contributed by atoms with van der Waals surface area (Å²) in [6.45, 7) is 6.52. The summed E-state index contributed by atoms with van der Waals surface area (Å²) in [6, 6.07) is 27.9. The zero-order valence-corrected chi connectivity index (χ0v) is 22.5. The number of rotatable bonds is 13. The first-order valence-electron chi connectivity index (χ1n) is 12.8. The van der Waals surface area contributed by atoms with Crippen LogP contribution in [-0.2, 0) is 28.3 Å². The highest BCUT2D eigenvalue weighted by molar-refractivity contribution is 7.98. The molecule has 0 bridgehead atoms. The van der Waals surface area contributed by atoms with Crippen LogP contribution >= 0.6 is 11.8 Å². The molecule has 0 aromatic heterocycles. The maximum absolute atomic E-state index is 13.6. The maximum Gasteiger partial charge on any atom is 0.243 e. The van der Waals surface area contributed by atoms with E-state index in [0.29, 0.717) is 25.1 Å². The molecule has 0 saturated carbocycles. The Hall–Kier alpha value is -3.05. The zero-order chi connectivity index (χ0) is 25.8. The largest absolute Gasteiger partial charge is 0.352 e. The minimum atomic E-state index is -0.575. The van der Waals surface area contributed by atoms with Crippen molar-refractivity contribution in [3.05, 3.63) is 107 Å². The van der Waals surface area contributed by atoms with Gasteiger partial charge in [0.25, 0.3) is 0 Å². The number of hydrogen-bond donors (Lipinski definition) is 1. The number of amides is 2.